The highest BCUT2D eigenvalue weighted by atomic mass is 32.1. The lowest BCUT2D eigenvalue weighted by Gasteiger charge is -2.08. The van der Waals surface area contributed by atoms with Gasteiger partial charge >= 0.3 is 0 Å². The Labute approximate surface area is 83.4 Å². The van der Waals surface area contributed by atoms with Crippen molar-refractivity contribution in [2.45, 2.75) is 33.2 Å². The lowest BCUT2D eigenvalue weighted by Crippen LogP contribution is -2.27. The van der Waals surface area contributed by atoms with E-state index in [4.69, 9.17) is 5.73 Å². The Balaban J connectivity index is 2.45. The minimum atomic E-state index is 0.226. The third kappa shape index (κ3) is 2.97. The molecule has 0 radical (unpaired) electrons. The van der Waals surface area contributed by atoms with Gasteiger partial charge in [-0.05, 0) is 20.3 Å². The number of hydrogen-bond donors (Lipinski definition) is 2. The number of hydrogen-bond acceptors (Lipinski definition) is 4. The van der Waals surface area contributed by atoms with Crippen molar-refractivity contribution in [3.05, 3.63) is 10.6 Å². The summed E-state index contributed by atoms with van der Waals surface area (Å²) in [7, 11) is 0. The highest BCUT2D eigenvalue weighted by Crippen LogP contribution is 2.20. The van der Waals surface area contributed by atoms with Crippen molar-refractivity contribution in [3.8, 4) is 0 Å². The molecular weight excluding hydrogens is 182 g/mol. The molecule has 3 N–H and O–H groups in total. The van der Waals surface area contributed by atoms with Crippen molar-refractivity contribution in [2.75, 3.05) is 11.9 Å². The van der Waals surface area contributed by atoms with E-state index >= 15 is 0 Å². The number of thiazole rings is 1. The Kier molecular flexibility index (Phi) is 3.69. The fourth-order valence-corrected chi connectivity index (χ4v) is 1.73. The normalized spacial score (nSPS) is 12.9. The molecule has 0 bridgehead atoms. The van der Waals surface area contributed by atoms with E-state index in [9.17, 15) is 0 Å². The van der Waals surface area contributed by atoms with E-state index in [0.29, 0.717) is 0 Å². The first-order valence-electron chi connectivity index (χ1n) is 4.57. The predicted octanol–water partition coefficient (Wildman–Crippen LogP) is 1.91. The first-order chi connectivity index (χ1) is 6.13. The van der Waals surface area contributed by atoms with Crippen LogP contribution in [0.1, 0.15) is 23.9 Å². The van der Waals surface area contributed by atoms with Gasteiger partial charge in [-0.2, -0.15) is 0 Å². The SMILES string of the molecule is CCC(N)CNc1nc(C)c(C)s1. The smallest absolute Gasteiger partial charge is 0.183 e. The maximum Gasteiger partial charge on any atom is 0.183 e. The molecule has 1 aromatic heterocycles. The van der Waals surface area contributed by atoms with Gasteiger partial charge in [0, 0.05) is 17.5 Å². The maximum absolute atomic E-state index is 5.78. The average Bonchev–Trinajstić information content (AvgIpc) is 2.42. The van der Waals surface area contributed by atoms with Crippen LogP contribution in [0, 0.1) is 13.8 Å². The van der Waals surface area contributed by atoms with Crippen LogP contribution in [0.2, 0.25) is 0 Å². The Morgan fingerprint density at radius 1 is 1.54 bits per heavy atom. The van der Waals surface area contributed by atoms with Crippen molar-refractivity contribution in [1.29, 1.82) is 0 Å². The molecule has 0 aromatic carbocycles. The van der Waals surface area contributed by atoms with Gasteiger partial charge in [0.1, 0.15) is 0 Å². The van der Waals surface area contributed by atoms with Gasteiger partial charge in [-0.3, -0.25) is 0 Å². The molecule has 1 heterocycles. The zero-order valence-electron chi connectivity index (χ0n) is 8.42. The summed E-state index contributed by atoms with van der Waals surface area (Å²) in [4.78, 5) is 5.64. The Morgan fingerprint density at radius 2 is 2.23 bits per heavy atom. The van der Waals surface area contributed by atoms with Crippen molar-refractivity contribution in [2.24, 2.45) is 5.73 Å². The van der Waals surface area contributed by atoms with E-state index in [0.717, 1.165) is 23.8 Å². The van der Waals surface area contributed by atoms with Gasteiger partial charge in [0.25, 0.3) is 0 Å². The molecule has 0 aliphatic carbocycles. The summed E-state index contributed by atoms with van der Waals surface area (Å²) in [5.74, 6) is 0. The van der Waals surface area contributed by atoms with Crippen LogP contribution in [-0.4, -0.2) is 17.6 Å². The first kappa shape index (κ1) is 10.5. The van der Waals surface area contributed by atoms with Crippen LogP contribution in [0.5, 0.6) is 0 Å². The predicted molar refractivity (Wildman–Crippen MR) is 58.3 cm³/mol. The van der Waals surface area contributed by atoms with Crippen molar-refractivity contribution >= 4 is 16.5 Å². The van der Waals surface area contributed by atoms with Crippen LogP contribution in [0.15, 0.2) is 0 Å². The zero-order chi connectivity index (χ0) is 9.84. The number of aryl methyl sites for hydroxylation is 2. The fraction of sp³-hybridized carbons (Fsp3) is 0.667. The number of nitrogens with two attached hydrogens (primary N) is 1. The van der Waals surface area contributed by atoms with Gasteiger partial charge < -0.3 is 11.1 Å². The van der Waals surface area contributed by atoms with E-state index in [2.05, 4.69) is 24.1 Å². The molecule has 13 heavy (non-hydrogen) atoms. The van der Waals surface area contributed by atoms with Gasteiger partial charge in [0.05, 0.1) is 5.69 Å². The van der Waals surface area contributed by atoms with Crippen molar-refractivity contribution in [1.82, 2.24) is 4.98 Å². The molecule has 1 aromatic rings. The summed E-state index contributed by atoms with van der Waals surface area (Å²) < 4.78 is 0. The fourth-order valence-electron chi connectivity index (χ4n) is 0.911. The molecule has 1 rings (SSSR count). The van der Waals surface area contributed by atoms with Gasteiger partial charge in [-0.1, -0.05) is 6.92 Å². The van der Waals surface area contributed by atoms with E-state index in [-0.39, 0.29) is 6.04 Å². The average molecular weight is 199 g/mol. The molecule has 4 heteroatoms. The Bertz CT molecular complexity index is 250. The summed E-state index contributed by atoms with van der Waals surface area (Å²) in [5.41, 5.74) is 6.89. The van der Waals surface area contributed by atoms with Crippen molar-refractivity contribution in [3.63, 3.8) is 0 Å². The lowest BCUT2D eigenvalue weighted by atomic mass is 10.2. The minimum Gasteiger partial charge on any atom is -0.360 e. The van der Waals surface area contributed by atoms with Crippen LogP contribution in [0.4, 0.5) is 5.13 Å². The summed E-state index contributed by atoms with van der Waals surface area (Å²) >= 11 is 1.69. The number of nitrogens with zero attached hydrogens (tertiary/aromatic N) is 1. The monoisotopic (exact) mass is 199 g/mol. The molecule has 0 fully saturated rings. The highest BCUT2D eigenvalue weighted by Gasteiger charge is 2.04. The van der Waals surface area contributed by atoms with E-state index < -0.39 is 0 Å². The van der Waals surface area contributed by atoms with Crippen LogP contribution >= 0.6 is 11.3 Å². The molecule has 3 nitrogen and oxygen atoms in total. The summed E-state index contributed by atoms with van der Waals surface area (Å²) in [5, 5.41) is 4.22. The van der Waals surface area contributed by atoms with E-state index in [1.54, 1.807) is 11.3 Å². The number of aromatic nitrogens is 1. The summed E-state index contributed by atoms with van der Waals surface area (Å²) in [6.07, 6.45) is 0.996. The lowest BCUT2D eigenvalue weighted by molar-refractivity contribution is 0.679. The molecule has 0 amide bonds. The highest BCUT2D eigenvalue weighted by molar-refractivity contribution is 7.15. The largest absolute Gasteiger partial charge is 0.360 e. The first-order valence-corrected chi connectivity index (χ1v) is 5.38. The minimum absolute atomic E-state index is 0.226. The molecule has 1 unspecified atom stereocenters. The van der Waals surface area contributed by atoms with Crippen LogP contribution < -0.4 is 11.1 Å². The third-order valence-electron chi connectivity index (χ3n) is 2.07. The molecular formula is C9H17N3S. The molecule has 0 aliphatic rings. The summed E-state index contributed by atoms with van der Waals surface area (Å²) in [6, 6.07) is 0.226. The van der Waals surface area contributed by atoms with E-state index in [1.807, 2.05) is 6.92 Å². The molecule has 74 valence electrons. The molecule has 0 saturated carbocycles. The van der Waals surface area contributed by atoms with Crippen molar-refractivity contribution < 1.29 is 0 Å². The molecule has 1 atom stereocenters. The van der Waals surface area contributed by atoms with Crippen LogP contribution in [0.3, 0.4) is 0 Å². The van der Waals surface area contributed by atoms with Gasteiger partial charge in [0.2, 0.25) is 0 Å². The van der Waals surface area contributed by atoms with Crippen LogP contribution in [-0.2, 0) is 0 Å². The van der Waals surface area contributed by atoms with Gasteiger partial charge in [-0.15, -0.1) is 11.3 Å². The third-order valence-corrected chi connectivity index (χ3v) is 3.10. The maximum atomic E-state index is 5.78. The second-order valence-corrected chi connectivity index (χ2v) is 4.41. The second-order valence-electron chi connectivity index (χ2n) is 3.21. The molecule has 0 aliphatic heterocycles. The zero-order valence-corrected chi connectivity index (χ0v) is 9.24. The standard InChI is InChI=1S/C9H17N3S/c1-4-8(10)5-11-9-12-6(2)7(3)13-9/h8H,4-5,10H2,1-3H3,(H,11,12). The molecule has 0 saturated heterocycles. The molecule has 0 spiro atoms. The Morgan fingerprint density at radius 3 is 2.69 bits per heavy atom. The summed E-state index contributed by atoms with van der Waals surface area (Å²) in [6.45, 7) is 7.00. The Hall–Kier alpha value is -0.610. The number of nitrogens with one attached hydrogen (secondary N) is 1. The van der Waals surface area contributed by atoms with Gasteiger partial charge in [-0.25, -0.2) is 4.98 Å². The number of rotatable bonds is 4. The van der Waals surface area contributed by atoms with Crippen LogP contribution in [0.25, 0.3) is 0 Å². The number of anilines is 1. The quantitative estimate of drug-likeness (QED) is 0.779. The van der Waals surface area contributed by atoms with Gasteiger partial charge in [0.15, 0.2) is 5.13 Å². The topological polar surface area (TPSA) is 50.9 Å². The van der Waals surface area contributed by atoms with E-state index in [1.165, 1.54) is 4.88 Å². The second kappa shape index (κ2) is 4.58.